The smallest absolute Gasteiger partial charge is 0.314 e. The molecule has 3 aromatic rings. The molecule has 194 valence electrons. The highest BCUT2D eigenvalue weighted by molar-refractivity contribution is 6.31. The van der Waals surface area contributed by atoms with Crippen LogP contribution in [0.1, 0.15) is 47.1 Å². The fourth-order valence-electron chi connectivity index (χ4n) is 3.81. The van der Waals surface area contributed by atoms with Gasteiger partial charge in [0.2, 0.25) is 23.8 Å². The van der Waals surface area contributed by atoms with Crippen LogP contribution in [-0.4, -0.2) is 33.6 Å². The van der Waals surface area contributed by atoms with E-state index < -0.39 is 34.5 Å². The van der Waals surface area contributed by atoms with Crippen molar-refractivity contribution in [2.45, 2.75) is 27.0 Å². The van der Waals surface area contributed by atoms with E-state index in [9.17, 15) is 24.5 Å². The summed E-state index contributed by atoms with van der Waals surface area (Å²) in [6.07, 6.45) is -1.08. The van der Waals surface area contributed by atoms with Crippen LogP contribution >= 0.6 is 11.6 Å². The van der Waals surface area contributed by atoms with E-state index in [4.69, 9.17) is 21.1 Å². The molecular weight excluding hydrogens is 516 g/mol. The molecule has 0 aromatic heterocycles. The molecule has 0 aliphatic carbocycles. The topological polar surface area (TPSA) is 140 Å². The van der Waals surface area contributed by atoms with Gasteiger partial charge in [0.1, 0.15) is 0 Å². The number of benzene rings is 3. The highest BCUT2D eigenvalue weighted by Crippen LogP contribution is 2.39. The zero-order chi connectivity index (χ0) is 27.6. The van der Waals surface area contributed by atoms with Gasteiger partial charge in [0.15, 0.2) is 0 Å². The highest BCUT2D eigenvalue weighted by atomic mass is 35.5. The quantitative estimate of drug-likeness (QED) is 0.203. The molecule has 1 N–H and O–H groups in total. The van der Waals surface area contributed by atoms with E-state index >= 15 is 0 Å². The average molecular weight is 537 g/mol. The Morgan fingerprint density at radius 2 is 1.84 bits per heavy atom. The van der Waals surface area contributed by atoms with Gasteiger partial charge in [-0.25, -0.2) is 0 Å². The third-order valence-electron chi connectivity index (χ3n) is 5.49. The predicted octanol–water partition coefficient (Wildman–Crippen LogP) is 4.97. The van der Waals surface area contributed by atoms with Gasteiger partial charge < -0.3 is 14.8 Å². The monoisotopic (exact) mass is 536 g/mol. The lowest BCUT2D eigenvalue weighted by molar-refractivity contribution is -0.385. The number of esters is 1. The Morgan fingerprint density at radius 1 is 1.11 bits per heavy atom. The molecule has 0 bridgehead atoms. The van der Waals surface area contributed by atoms with Crippen molar-refractivity contribution < 1.29 is 28.8 Å². The van der Waals surface area contributed by atoms with Crippen LogP contribution in [0.3, 0.4) is 0 Å². The number of hydrogen-bond donors (Lipinski definition) is 1. The van der Waals surface area contributed by atoms with Crippen molar-refractivity contribution >= 4 is 46.7 Å². The van der Waals surface area contributed by atoms with Gasteiger partial charge in [-0.15, -0.1) is 5.10 Å². The maximum Gasteiger partial charge on any atom is 0.314 e. The number of rotatable bonds is 6. The molecule has 38 heavy (non-hydrogen) atoms. The van der Waals surface area contributed by atoms with Crippen molar-refractivity contribution in [1.29, 1.82) is 0 Å². The number of carbonyl (C=O) groups is 3. The van der Waals surface area contributed by atoms with Gasteiger partial charge in [-0.2, -0.15) is 5.01 Å². The van der Waals surface area contributed by atoms with Crippen LogP contribution in [0.2, 0.25) is 5.02 Å². The zero-order valence-corrected chi connectivity index (χ0v) is 21.2. The van der Waals surface area contributed by atoms with E-state index in [0.29, 0.717) is 16.8 Å². The van der Waals surface area contributed by atoms with Gasteiger partial charge in [-0.1, -0.05) is 41.9 Å². The number of nitro groups is 1. The van der Waals surface area contributed by atoms with Gasteiger partial charge in [0.05, 0.1) is 10.5 Å². The number of aryl methyl sites for hydroxylation is 1. The summed E-state index contributed by atoms with van der Waals surface area (Å²) >= 11 is 6.09. The maximum atomic E-state index is 12.8. The van der Waals surface area contributed by atoms with Gasteiger partial charge >= 0.3 is 11.7 Å². The van der Waals surface area contributed by atoms with Gasteiger partial charge in [-0.3, -0.25) is 24.5 Å². The molecule has 0 saturated heterocycles. The number of hydrogen-bond acceptors (Lipinski definition) is 8. The van der Waals surface area contributed by atoms with Crippen molar-refractivity contribution in [3.05, 3.63) is 98.1 Å². The second-order valence-corrected chi connectivity index (χ2v) is 8.72. The molecule has 0 saturated carbocycles. The minimum atomic E-state index is -1.08. The molecule has 11 nitrogen and oxygen atoms in total. The number of nitrogens with one attached hydrogen (secondary N) is 1. The summed E-state index contributed by atoms with van der Waals surface area (Å²) in [5, 5.41) is 19.6. The molecule has 0 fully saturated rings. The number of hydrazone groups is 1. The molecule has 0 radical (unpaired) electrons. The number of halogens is 1. The first kappa shape index (κ1) is 26.3. The lowest BCUT2D eigenvalue weighted by Crippen LogP contribution is -2.25. The average Bonchev–Trinajstić information content (AvgIpc) is 3.31. The molecule has 0 unspecified atom stereocenters. The largest absolute Gasteiger partial charge is 0.446 e. The number of nitro benzene ring substituents is 1. The third-order valence-corrected chi connectivity index (χ3v) is 5.71. The van der Waals surface area contributed by atoms with Gasteiger partial charge in [-0.05, 0) is 36.8 Å². The van der Waals surface area contributed by atoms with Gasteiger partial charge in [0.25, 0.3) is 5.91 Å². The molecular formula is C26H21ClN4O7. The Bertz CT molecular complexity index is 1500. The third kappa shape index (κ3) is 5.47. The number of amides is 2. The van der Waals surface area contributed by atoms with Crippen LogP contribution < -0.4 is 10.1 Å². The standard InChI is InChI=1S/C26H21ClN4O7/c1-14-7-4-5-10-20(14)24(34)28-19-9-6-8-17(11-19)26-30(15(2)32)29-25(38-26)21-12-18(27)13-22(31(35)36)23(21)37-16(3)33/h4-13,26H,1-3H3,(H,28,34)/t26-/m1/s1. The number of nitrogens with zero attached hydrogens (tertiary/aromatic N) is 3. The van der Waals surface area contributed by atoms with Gasteiger partial charge in [0, 0.05) is 41.8 Å². The summed E-state index contributed by atoms with van der Waals surface area (Å²) in [5.41, 5.74) is 1.54. The summed E-state index contributed by atoms with van der Waals surface area (Å²) < 4.78 is 11.1. The van der Waals surface area contributed by atoms with Crippen molar-refractivity contribution in [1.82, 2.24) is 5.01 Å². The SMILES string of the molecule is CC(=O)Oc1c(C2=NN(C(C)=O)[C@@H](c3cccc(NC(=O)c4ccccc4C)c3)O2)cc(Cl)cc1[N+](=O)[O-]. The summed E-state index contributed by atoms with van der Waals surface area (Å²) in [6, 6.07) is 16.1. The number of carbonyl (C=O) groups excluding carboxylic acids is 3. The summed E-state index contributed by atoms with van der Waals surface area (Å²) in [6.45, 7) is 4.17. The first-order valence-corrected chi connectivity index (χ1v) is 11.6. The summed E-state index contributed by atoms with van der Waals surface area (Å²) in [7, 11) is 0. The molecule has 12 heteroatoms. The molecule has 2 amide bonds. The van der Waals surface area contributed by atoms with E-state index in [2.05, 4.69) is 10.4 Å². The summed E-state index contributed by atoms with van der Waals surface area (Å²) in [4.78, 5) is 47.8. The highest BCUT2D eigenvalue weighted by Gasteiger charge is 2.36. The Labute approximate surface area is 221 Å². The van der Waals surface area contributed by atoms with Crippen LogP contribution in [-0.2, 0) is 14.3 Å². The molecule has 3 aromatic carbocycles. The lowest BCUT2D eigenvalue weighted by atomic mass is 10.1. The molecule has 4 rings (SSSR count). The molecule has 1 heterocycles. The molecule has 1 aliphatic rings. The Hall–Kier alpha value is -4.77. The maximum absolute atomic E-state index is 12.8. The first-order chi connectivity index (χ1) is 18.0. The van der Waals surface area contributed by atoms with E-state index in [0.717, 1.165) is 23.6 Å². The van der Waals surface area contributed by atoms with Crippen LogP contribution in [0.15, 0.2) is 65.8 Å². The van der Waals surface area contributed by atoms with Crippen LogP contribution in [0.4, 0.5) is 11.4 Å². The molecule has 0 spiro atoms. The van der Waals surface area contributed by atoms with E-state index in [1.54, 1.807) is 36.4 Å². The fraction of sp³-hybridized carbons (Fsp3) is 0.154. The summed E-state index contributed by atoms with van der Waals surface area (Å²) in [5.74, 6) is -2.27. The van der Waals surface area contributed by atoms with Crippen molar-refractivity contribution in [2.24, 2.45) is 5.10 Å². The Kier molecular flexibility index (Phi) is 7.40. The predicted molar refractivity (Wildman–Crippen MR) is 138 cm³/mol. The normalized spacial score (nSPS) is 14.4. The molecule has 1 atom stereocenters. The Balaban J connectivity index is 1.69. The van der Waals surface area contributed by atoms with Crippen LogP contribution in [0.5, 0.6) is 5.75 Å². The van der Waals surface area contributed by atoms with Crippen LogP contribution in [0.25, 0.3) is 0 Å². The van der Waals surface area contributed by atoms with Crippen LogP contribution in [0, 0.1) is 17.0 Å². The minimum absolute atomic E-state index is 0.0346. The van der Waals surface area contributed by atoms with Crippen molar-refractivity contribution in [3.63, 3.8) is 0 Å². The fourth-order valence-corrected chi connectivity index (χ4v) is 4.02. The Morgan fingerprint density at radius 3 is 2.50 bits per heavy atom. The molecule has 1 aliphatic heterocycles. The van der Waals surface area contributed by atoms with E-state index in [1.807, 2.05) is 19.1 Å². The first-order valence-electron chi connectivity index (χ1n) is 11.2. The number of anilines is 1. The van der Waals surface area contributed by atoms with E-state index in [-0.39, 0.29) is 22.4 Å². The number of ether oxygens (including phenoxy) is 2. The van der Waals surface area contributed by atoms with Crippen molar-refractivity contribution in [3.8, 4) is 5.75 Å². The second-order valence-electron chi connectivity index (χ2n) is 8.29. The van der Waals surface area contributed by atoms with E-state index in [1.165, 1.54) is 13.0 Å². The lowest BCUT2D eigenvalue weighted by Gasteiger charge is -2.20. The minimum Gasteiger partial charge on any atom is -0.446 e. The zero-order valence-electron chi connectivity index (χ0n) is 20.4. The van der Waals surface area contributed by atoms with Crippen molar-refractivity contribution in [2.75, 3.05) is 5.32 Å². The second kappa shape index (κ2) is 10.7.